The summed E-state index contributed by atoms with van der Waals surface area (Å²) in [6.45, 7) is 0. The molecule has 0 aliphatic heterocycles. The minimum atomic E-state index is -1.18. The molecule has 5 aromatic rings. The summed E-state index contributed by atoms with van der Waals surface area (Å²) in [5.74, 6) is 0. The number of hydrogen-bond acceptors (Lipinski definition) is 2. The Labute approximate surface area is 162 Å². The van der Waals surface area contributed by atoms with E-state index < -0.39 is 8.01 Å². The highest BCUT2D eigenvalue weighted by molar-refractivity contribution is 7.49. The molecular weight excluding hydrogens is 363 g/mol. The van der Waals surface area contributed by atoms with E-state index in [0.29, 0.717) is 0 Å². The Hall–Kier alpha value is -3.22. The third kappa shape index (κ3) is 2.35. The van der Waals surface area contributed by atoms with Gasteiger partial charge in [-0.3, -0.25) is 0 Å². The van der Waals surface area contributed by atoms with Crippen molar-refractivity contribution in [1.82, 2.24) is 0 Å². The van der Waals surface area contributed by atoms with Crippen LogP contribution < -0.4 is 0 Å². The summed E-state index contributed by atoms with van der Waals surface area (Å²) < 4.78 is 13.0. The van der Waals surface area contributed by atoms with Gasteiger partial charge in [0.1, 0.15) is 11.2 Å². The fourth-order valence-electron chi connectivity index (χ4n) is 4.06. The smallest absolute Gasteiger partial charge is 0.248 e. The molecule has 0 radical (unpaired) electrons. The highest BCUT2D eigenvalue weighted by Crippen LogP contribution is 2.47. The zero-order valence-corrected chi connectivity index (χ0v) is 16.0. The summed E-state index contributed by atoms with van der Waals surface area (Å²) in [5, 5.41) is 8.25. The molecule has 0 saturated carbocycles. The minimum Gasteiger partial charge on any atom is -0.416 e. The first kappa shape index (κ1) is 15.8. The lowest BCUT2D eigenvalue weighted by Gasteiger charge is -2.05. The van der Waals surface area contributed by atoms with Crippen molar-refractivity contribution in [2.45, 2.75) is 6.42 Å². The first-order valence-corrected chi connectivity index (χ1v) is 10.6. The van der Waals surface area contributed by atoms with Crippen molar-refractivity contribution in [1.29, 1.82) is 0 Å². The molecule has 0 bridgehead atoms. The molecule has 4 aromatic carbocycles. The van der Waals surface area contributed by atoms with Crippen LogP contribution in [0.5, 0.6) is 0 Å². The molecule has 0 amide bonds. The normalized spacial score (nSPS) is 13.6. The van der Waals surface area contributed by atoms with Gasteiger partial charge in [-0.25, -0.2) is 0 Å². The Morgan fingerprint density at radius 1 is 0.643 bits per heavy atom. The average molecular weight is 380 g/mol. The Morgan fingerprint density at radius 2 is 1.21 bits per heavy atom. The van der Waals surface area contributed by atoms with Crippen LogP contribution in [0.4, 0.5) is 0 Å². The van der Waals surface area contributed by atoms with E-state index in [9.17, 15) is 0 Å². The van der Waals surface area contributed by atoms with Gasteiger partial charge in [0.2, 0.25) is 8.01 Å². The lowest BCUT2D eigenvalue weighted by molar-refractivity contribution is 0.651. The Kier molecular flexibility index (Phi) is 3.47. The first-order chi connectivity index (χ1) is 13.9. The van der Waals surface area contributed by atoms with Crippen LogP contribution in [0.25, 0.3) is 48.8 Å². The average Bonchev–Trinajstić information content (AvgIpc) is 3.22. The van der Waals surface area contributed by atoms with Gasteiger partial charge in [-0.05, 0) is 39.8 Å². The van der Waals surface area contributed by atoms with Crippen LogP contribution in [-0.2, 0) is 0 Å². The maximum Gasteiger partial charge on any atom is 0.248 e. The van der Waals surface area contributed by atoms with E-state index in [4.69, 9.17) is 8.39 Å². The maximum atomic E-state index is 6.51. The molecule has 0 saturated heterocycles. The SMILES string of the molecule is C1=CCC(p2oc3ccc4ccccc4c3c3c(ccc4ccccc43)o2)=C1. The summed E-state index contributed by atoms with van der Waals surface area (Å²) in [7, 11) is -1.18. The van der Waals surface area contributed by atoms with Crippen LogP contribution in [0.3, 0.4) is 0 Å². The topological polar surface area (TPSA) is 26.3 Å². The van der Waals surface area contributed by atoms with Gasteiger partial charge in [0.25, 0.3) is 0 Å². The van der Waals surface area contributed by atoms with Gasteiger partial charge in [-0.15, -0.1) is 0 Å². The van der Waals surface area contributed by atoms with Gasteiger partial charge >= 0.3 is 0 Å². The van der Waals surface area contributed by atoms with Crippen LogP contribution in [0.2, 0.25) is 0 Å². The van der Waals surface area contributed by atoms with E-state index in [2.05, 4.69) is 91.0 Å². The van der Waals surface area contributed by atoms with Gasteiger partial charge in [0.05, 0.1) is 0 Å². The summed E-state index contributed by atoms with van der Waals surface area (Å²) in [5.41, 5.74) is 1.79. The molecule has 1 aliphatic rings. The minimum absolute atomic E-state index is 0.886. The molecule has 0 N–H and O–H groups in total. The summed E-state index contributed by atoms with van der Waals surface area (Å²) in [6.07, 6.45) is 7.24. The van der Waals surface area contributed by atoms with E-state index >= 15 is 0 Å². The largest absolute Gasteiger partial charge is 0.416 e. The van der Waals surface area contributed by atoms with Crippen molar-refractivity contribution in [3.05, 3.63) is 91.0 Å². The quantitative estimate of drug-likeness (QED) is 0.292. The summed E-state index contributed by atoms with van der Waals surface area (Å²) >= 11 is 0. The maximum absolute atomic E-state index is 6.51. The molecule has 6 rings (SSSR count). The van der Waals surface area contributed by atoms with Crippen molar-refractivity contribution in [2.75, 3.05) is 0 Å². The molecule has 1 heterocycles. The zero-order chi connectivity index (χ0) is 18.5. The van der Waals surface area contributed by atoms with Crippen molar-refractivity contribution in [3.63, 3.8) is 0 Å². The van der Waals surface area contributed by atoms with Crippen LogP contribution in [0.15, 0.2) is 99.4 Å². The third-order valence-electron chi connectivity index (χ3n) is 5.38. The fraction of sp³-hybridized carbons (Fsp3) is 0.0400. The lowest BCUT2D eigenvalue weighted by atomic mass is 9.99. The fourth-order valence-corrected chi connectivity index (χ4v) is 5.45. The van der Waals surface area contributed by atoms with E-state index in [1.165, 1.54) is 26.9 Å². The lowest BCUT2D eigenvalue weighted by Crippen LogP contribution is -1.79. The number of fused-ring (bicyclic) bond motifs is 7. The number of benzene rings is 4. The Bertz CT molecular complexity index is 1390. The van der Waals surface area contributed by atoms with Gasteiger partial charge in [0.15, 0.2) is 0 Å². The second kappa shape index (κ2) is 6.15. The molecule has 28 heavy (non-hydrogen) atoms. The molecule has 0 atom stereocenters. The van der Waals surface area contributed by atoms with Crippen molar-refractivity contribution in [3.8, 4) is 0 Å². The highest BCUT2D eigenvalue weighted by Gasteiger charge is 2.15. The van der Waals surface area contributed by atoms with E-state index in [0.717, 1.165) is 28.4 Å². The van der Waals surface area contributed by atoms with Gasteiger partial charge in [0, 0.05) is 22.5 Å². The zero-order valence-electron chi connectivity index (χ0n) is 15.1. The van der Waals surface area contributed by atoms with Gasteiger partial charge in [-0.1, -0.05) is 72.8 Å². The first-order valence-electron chi connectivity index (χ1n) is 9.44. The van der Waals surface area contributed by atoms with E-state index in [-0.39, 0.29) is 0 Å². The van der Waals surface area contributed by atoms with Gasteiger partial charge in [-0.2, -0.15) is 0 Å². The Morgan fingerprint density at radius 3 is 1.75 bits per heavy atom. The third-order valence-corrected chi connectivity index (χ3v) is 6.91. The predicted octanol–water partition coefficient (Wildman–Crippen LogP) is 8.40. The monoisotopic (exact) mass is 380 g/mol. The molecule has 3 heteroatoms. The summed E-state index contributed by atoms with van der Waals surface area (Å²) in [4.78, 5) is 0. The van der Waals surface area contributed by atoms with Crippen molar-refractivity contribution >= 4 is 56.8 Å². The molecule has 0 fully saturated rings. The Balaban J connectivity index is 1.93. The number of allylic oxidation sites excluding steroid dienone is 4. The highest BCUT2D eigenvalue weighted by atomic mass is 31.1. The molecule has 1 aromatic heterocycles. The van der Waals surface area contributed by atoms with Crippen molar-refractivity contribution < 1.29 is 8.39 Å². The number of hydrogen-bond donors (Lipinski definition) is 0. The van der Waals surface area contributed by atoms with Crippen LogP contribution in [0, 0.1) is 0 Å². The van der Waals surface area contributed by atoms with E-state index in [1.54, 1.807) is 0 Å². The van der Waals surface area contributed by atoms with Crippen LogP contribution in [-0.4, -0.2) is 0 Å². The molecule has 0 unspecified atom stereocenters. The predicted molar refractivity (Wildman–Crippen MR) is 119 cm³/mol. The molecule has 2 nitrogen and oxygen atoms in total. The molecule has 0 spiro atoms. The second-order valence-corrected chi connectivity index (χ2v) is 8.50. The molecular formula is C25H17O2P. The van der Waals surface area contributed by atoms with Crippen molar-refractivity contribution in [2.24, 2.45) is 0 Å². The number of rotatable bonds is 1. The van der Waals surface area contributed by atoms with E-state index in [1.807, 2.05) is 0 Å². The summed E-state index contributed by atoms with van der Waals surface area (Å²) in [6, 6.07) is 25.4. The van der Waals surface area contributed by atoms with Crippen LogP contribution >= 0.6 is 8.01 Å². The molecule has 134 valence electrons. The standard InChI is InChI=1S/C25H17O2P/c1-5-11-20-17(7-1)13-15-22-24(20)25-21-12-6-2-8-18(21)14-16-23(25)27-28(26-22)19-9-3-4-10-19/h1-9,11-16H,10H2. The second-order valence-electron chi connectivity index (χ2n) is 7.05. The van der Waals surface area contributed by atoms with Crippen LogP contribution in [0.1, 0.15) is 6.42 Å². The molecule has 1 aliphatic carbocycles. The van der Waals surface area contributed by atoms with Gasteiger partial charge < -0.3 is 8.39 Å².